The summed E-state index contributed by atoms with van der Waals surface area (Å²) in [6, 6.07) is 3.68. The van der Waals surface area contributed by atoms with Crippen LogP contribution in [0.5, 0.6) is 0 Å². The van der Waals surface area contributed by atoms with Crippen molar-refractivity contribution in [3.8, 4) is 0 Å². The van der Waals surface area contributed by atoms with E-state index in [0.29, 0.717) is 18.7 Å². The molecule has 0 saturated carbocycles. The Morgan fingerprint density at radius 1 is 1.43 bits per heavy atom. The average Bonchev–Trinajstić information content (AvgIpc) is 2.89. The molecule has 6 heteroatoms. The van der Waals surface area contributed by atoms with Crippen molar-refractivity contribution in [1.29, 1.82) is 0 Å². The fourth-order valence-corrected chi connectivity index (χ4v) is 2.08. The van der Waals surface area contributed by atoms with E-state index in [1.54, 1.807) is 12.4 Å². The fourth-order valence-electron chi connectivity index (χ4n) is 2.08. The minimum atomic E-state index is -0.170. The molecule has 2 rings (SSSR count). The zero-order chi connectivity index (χ0) is 15.2. The van der Waals surface area contributed by atoms with Gasteiger partial charge < -0.3 is 5.32 Å². The molecular weight excluding hydrogens is 266 g/mol. The molecule has 0 aliphatic carbocycles. The van der Waals surface area contributed by atoms with Gasteiger partial charge in [0.25, 0.3) is 0 Å². The predicted molar refractivity (Wildman–Crippen MR) is 79.4 cm³/mol. The van der Waals surface area contributed by atoms with Gasteiger partial charge in [-0.1, -0.05) is 19.9 Å². The lowest BCUT2D eigenvalue weighted by atomic mass is 10.0. The number of carbonyl (C=O) groups is 1. The Labute approximate surface area is 124 Å². The second-order valence-electron chi connectivity index (χ2n) is 5.43. The summed E-state index contributed by atoms with van der Waals surface area (Å²) in [5.74, 6) is 1.61. The first-order valence-electron chi connectivity index (χ1n) is 7.13. The van der Waals surface area contributed by atoms with Crippen LogP contribution in [0.2, 0.25) is 0 Å². The molecule has 2 N–H and O–H groups in total. The number of aromatic amines is 1. The fraction of sp³-hybridized carbons (Fsp3) is 0.467. The van der Waals surface area contributed by atoms with E-state index >= 15 is 0 Å². The lowest BCUT2D eigenvalue weighted by molar-refractivity contribution is -0.122. The Morgan fingerprint density at radius 3 is 2.81 bits per heavy atom. The van der Waals surface area contributed by atoms with Crippen molar-refractivity contribution in [2.75, 3.05) is 0 Å². The highest BCUT2D eigenvalue weighted by atomic mass is 16.1. The van der Waals surface area contributed by atoms with Gasteiger partial charge in [0.1, 0.15) is 5.82 Å². The number of hydrogen-bond donors (Lipinski definition) is 2. The van der Waals surface area contributed by atoms with Gasteiger partial charge in [-0.25, -0.2) is 4.98 Å². The molecule has 0 aliphatic rings. The summed E-state index contributed by atoms with van der Waals surface area (Å²) in [6.07, 6.45) is 4.62. The molecule has 1 atom stereocenters. The van der Waals surface area contributed by atoms with Gasteiger partial charge in [0.05, 0.1) is 6.04 Å². The molecule has 6 nitrogen and oxygen atoms in total. The van der Waals surface area contributed by atoms with Gasteiger partial charge in [0.2, 0.25) is 5.91 Å². The number of carbonyl (C=O) groups excluding carboxylic acids is 1. The summed E-state index contributed by atoms with van der Waals surface area (Å²) in [7, 11) is 0. The van der Waals surface area contributed by atoms with Crippen molar-refractivity contribution in [3.05, 3.63) is 41.7 Å². The van der Waals surface area contributed by atoms with Gasteiger partial charge in [-0.15, -0.1) is 0 Å². The van der Waals surface area contributed by atoms with E-state index in [-0.39, 0.29) is 17.9 Å². The smallest absolute Gasteiger partial charge is 0.220 e. The van der Waals surface area contributed by atoms with E-state index in [4.69, 9.17) is 0 Å². The Kier molecular flexibility index (Phi) is 5.03. The van der Waals surface area contributed by atoms with Crippen molar-refractivity contribution >= 4 is 5.91 Å². The number of pyridine rings is 1. The predicted octanol–water partition coefficient (Wildman–Crippen LogP) is 1.95. The maximum atomic E-state index is 12.1. The molecule has 2 aromatic rings. The molecule has 2 heterocycles. The Bertz CT molecular complexity index is 579. The van der Waals surface area contributed by atoms with Gasteiger partial charge in [0, 0.05) is 18.8 Å². The number of H-pyrrole nitrogens is 1. The summed E-state index contributed by atoms with van der Waals surface area (Å²) in [4.78, 5) is 20.5. The molecule has 21 heavy (non-hydrogen) atoms. The van der Waals surface area contributed by atoms with E-state index in [2.05, 4.69) is 25.5 Å². The standard InChI is InChI=1S/C15H21N5O/c1-10(2)14(15-17-11(3)19-20-15)18-13(21)7-6-12-5-4-8-16-9-12/h4-5,8-10,14H,6-7H2,1-3H3,(H,18,21)(H,17,19,20). The highest BCUT2D eigenvalue weighted by Crippen LogP contribution is 2.18. The molecule has 1 unspecified atom stereocenters. The number of nitrogens with one attached hydrogen (secondary N) is 2. The van der Waals surface area contributed by atoms with E-state index in [1.807, 2.05) is 32.9 Å². The molecule has 0 fully saturated rings. The summed E-state index contributed by atoms with van der Waals surface area (Å²) >= 11 is 0. The van der Waals surface area contributed by atoms with Crippen LogP contribution in [0.1, 0.15) is 43.5 Å². The second kappa shape index (κ2) is 6.97. The number of hydrogen-bond acceptors (Lipinski definition) is 4. The highest BCUT2D eigenvalue weighted by Gasteiger charge is 2.22. The van der Waals surface area contributed by atoms with Crippen molar-refractivity contribution < 1.29 is 4.79 Å². The van der Waals surface area contributed by atoms with Crippen LogP contribution in [0, 0.1) is 12.8 Å². The topological polar surface area (TPSA) is 83.6 Å². The van der Waals surface area contributed by atoms with Crippen molar-refractivity contribution in [1.82, 2.24) is 25.5 Å². The van der Waals surface area contributed by atoms with Crippen LogP contribution < -0.4 is 5.32 Å². The monoisotopic (exact) mass is 287 g/mol. The Balaban J connectivity index is 1.93. The normalized spacial score (nSPS) is 12.4. The maximum absolute atomic E-state index is 12.1. The Morgan fingerprint density at radius 2 is 2.24 bits per heavy atom. The van der Waals surface area contributed by atoms with E-state index < -0.39 is 0 Å². The molecule has 0 spiro atoms. The van der Waals surface area contributed by atoms with Crippen LogP contribution in [-0.4, -0.2) is 26.1 Å². The van der Waals surface area contributed by atoms with E-state index in [0.717, 1.165) is 11.4 Å². The minimum absolute atomic E-state index is 0.00000567. The largest absolute Gasteiger partial charge is 0.346 e. The lowest BCUT2D eigenvalue weighted by Crippen LogP contribution is -2.32. The number of amides is 1. The summed E-state index contributed by atoms with van der Waals surface area (Å²) in [5.41, 5.74) is 1.06. The first-order chi connectivity index (χ1) is 10.1. The minimum Gasteiger partial charge on any atom is -0.346 e. The third-order valence-corrected chi connectivity index (χ3v) is 3.24. The van der Waals surface area contributed by atoms with Crippen molar-refractivity contribution in [2.24, 2.45) is 5.92 Å². The zero-order valence-corrected chi connectivity index (χ0v) is 12.6. The van der Waals surface area contributed by atoms with Gasteiger partial charge in [-0.3, -0.25) is 14.9 Å². The zero-order valence-electron chi connectivity index (χ0n) is 12.6. The first-order valence-corrected chi connectivity index (χ1v) is 7.13. The van der Waals surface area contributed by atoms with E-state index in [9.17, 15) is 4.79 Å². The molecule has 0 aromatic carbocycles. The van der Waals surface area contributed by atoms with Crippen molar-refractivity contribution in [3.63, 3.8) is 0 Å². The van der Waals surface area contributed by atoms with E-state index in [1.165, 1.54) is 0 Å². The molecule has 0 aliphatic heterocycles. The number of aryl methyl sites for hydroxylation is 2. The number of rotatable bonds is 6. The van der Waals surface area contributed by atoms with Gasteiger partial charge in [0.15, 0.2) is 5.82 Å². The summed E-state index contributed by atoms with van der Waals surface area (Å²) in [6.45, 7) is 5.92. The van der Waals surface area contributed by atoms with Crippen molar-refractivity contribution in [2.45, 2.75) is 39.7 Å². The summed E-state index contributed by atoms with van der Waals surface area (Å²) in [5, 5.41) is 9.97. The third kappa shape index (κ3) is 4.37. The maximum Gasteiger partial charge on any atom is 0.220 e. The SMILES string of the molecule is Cc1nc(C(NC(=O)CCc2cccnc2)C(C)C)n[nH]1. The number of aromatic nitrogens is 4. The lowest BCUT2D eigenvalue weighted by Gasteiger charge is -2.19. The first kappa shape index (κ1) is 15.2. The molecule has 0 saturated heterocycles. The Hall–Kier alpha value is -2.24. The van der Waals surface area contributed by atoms with Crippen LogP contribution in [0.15, 0.2) is 24.5 Å². The third-order valence-electron chi connectivity index (χ3n) is 3.24. The van der Waals surface area contributed by atoms with Crippen LogP contribution >= 0.6 is 0 Å². The average molecular weight is 287 g/mol. The summed E-state index contributed by atoms with van der Waals surface area (Å²) < 4.78 is 0. The quantitative estimate of drug-likeness (QED) is 0.850. The van der Waals surface area contributed by atoms with Gasteiger partial charge in [-0.05, 0) is 30.9 Å². The molecular formula is C15H21N5O. The highest BCUT2D eigenvalue weighted by molar-refractivity contribution is 5.76. The molecule has 0 bridgehead atoms. The van der Waals surface area contributed by atoms with Gasteiger partial charge >= 0.3 is 0 Å². The molecule has 1 amide bonds. The van der Waals surface area contributed by atoms with Crippen LogP contribution in [0.25, 0.3) is 0 Å². The molecule has 0 radical (unpaired) electrons. The van der Waals surface area contributed by atoms with Crippen LogP contribution in [-0.2, 0) is 11.2 Å². The number of nitrogens with zero attached hydrogens (tertiary/aromatic N) is 3. The van der Waals surface area contributed by atoms with Gasteiger partial charge in [-0.2, -0.15) is 5.10 Å². The molecule has 112 valence electrons. The van der Waals surface area contributed by atoms with Crippen LogP contribution in [0.4, 0.5) is 0 Å². The second-order valence-corrected chi connectivity index (χ2v) is 5.43. The molecule has 2 aromatic heterocycles. The van der Waals surface area contributed by atoms with Crippen LogP contribution in [0.3, 0.4) is 0 Å².